The van der Waals surface area contributed by atoms with Crippen molar-refractivity contribution in [2.24, 2.45) is 0 Å². The normalized spacial score (nSPS) is 10.2. The Balaban J connectivity index is 1.93. The molecule has 0 radical (unpaired) electrons. The van der Waals surface area contributed by atoms with Gasteiger partial charge in [-0.25, -0.2) is 0 Å². The molecule has 0 aliphatic carbocycles. The van der Waals surface area contributed by atoms with Crippen molar-refractivity contribution in [2.45, 2.75) is 6.54 Å². The predicted molar refractivity (Wildman–Crippen MR) is 57.0 cm³/mol. The van der Waals surface area contributed by atoms with E-state index in [-0.39, 0.29) is 0 Å². The SMILES string of the molecule is Brc1ccc(CNc2nnns2)s1. The topological polar surface area (TPSA) is 50.7 Å². The van der Waals surface area contributed by atoms with Gasteiger partial charge in [0.1, 0.15) is 0 Å². The first-order chi connectivity index (χ1) is 6.34. The van der Waals surface area contributed by atoms with Crippen molar-refractivity contribution in [3.63, 3.8) is 0 Å². The predicted octanol–water partition coefficient (Wildman–Crippen LogP) is 2.37. The summed E-state index contributed by atoms with van der Waals surface area (Å²) in [6.07, 6.45) is 0. The van der Waals surface area contributed by atoms with Gasteiger partial charge in [0.15, 0.2) is 0 Å². The smallest absolute Gasteiger partial charge is 0.225 e. The molecule has 0 aromatic carbocycles. The summed E-state index contributed by atoms with van der Waals surface area (Å²) in [5.74, 6) is 0. The molecule has 0 fully saturated rings. The standard InChI is InChI=1S/C6H5BrN4S2/c7-5-2-1-4(12-5)3-8-6-9-10-11-13-6/h1-2H,3H2,(H,8,9,11). The van der Waals surface area contributed by atoms with Gasteiger partial charge < -0.3 is 5.32 Å². The summed E-state index contributed by atoms with van der Waals surface area (Å²) in [4.78, 5) is 1.25. The molecule has 0 amide bonds. The minimum atomic E-state index is 0.754. The summed E-state index contributed by atoms with van der Waals surface area (Å²) in [5, 5.41) is 11.1. The maximum absolute atomic E-state index is 3.78. The summed E-state index contributed by atoms with van der Waals surface area (Å²) in [5.41, 5.74) is 0. The molecule has 0 saturated heterocycles. The second-order valence-electron chi connectivity index (χ2n) is 2.23. The van der Waals surface area contributed by atoms with Crippen molar-refractivity contribution in [3.05, 3.63) is 20.8 Å². The second-order valence-corrected chi connectivity index (χ2v) is 5.51. The van der Waals surface area contributed by atoms with Crippen molar-refractivity contribution in [2.75, 3.05) is 5.32 Å². The Morgan fingerprint density at radius 3 is 3.00 bits per heavy atom. The van der Waals surface area contributed by atoms with Crippen molar-refractivity contribution >= 4 is 43.9 Å². The molecule has 2 aromatic rings. The molecule has 2 aromatic heterocycles. The molecule has 2 heterocycles. The van der Waals surface area contributed by atoms with Crippen LogP contribution in [0.5, 0.6) is 0 Å². The molecule has 0 unspecified atom stereocenters. The number of hydrogen-bond acceptors (Lipinski definition) is 6. The molecular formula is C6H5BrN4S2. The molecule has 2 rings (SSSR count). The average Bonchev–Trinajstić information content (AvgIpc) is 2.71. The number of hydrogen-bond donors (Lipinski definition) is 1. The van der Waals surface area contributed by atoms with Crippen LogP contribution in [0.4, 0.5) is 5.13 Å². The Kier molecular flexibility index (Phi) is 2.87. The molecule has 0 aliphatic heterocycles. The lowest BCUT2D eigenvalue weighted by Gasteiger charge is -1.96. The van der Waals surface area contributed by atoms with E-state index in [1.807, 2.05) is 6.07 Å². The largest absolute Gasteiger partial charge is 0.354 e. The average molecular weight is 277 g/mol. The van der Waals surface area contributed by atoms with Crippen LogP contribution in [-0.4, -0.2) is 14.8 Å². The molecule has 68 valence electrons. The molecule has 4 nitrogen and oxygen atoms in total. The maximum atomic E-state index is 3.78. The third-order valence-corrected chi connectivity index (χ3v) is 3.52. The minimum Gasteiger partial charge on any atom is -0.354 e. The Morgan fingerprint density at radius 2 is 2.38 bits per heavy atom. The van der Waals surface area contributed by atoms with Gasteiger partial charge in [-0.05, 0) is 33.3 Å². The zero-order chi connectivity index (χ0) is 9.10. The number of halogens is 1. The number of aromatic nitrogens is 3. The van der Waals surface area contributed by atoms with E-state index in [0.29, 0.717) is 0 Å². The summed E-state index contributed by atoms with van der Waals surface area (Å²) in [7, 11) is 0. The molecule has 1 N–H and O–H groups in total. The van der Waals surface area contributed by atoms with Crippen LogP contribution >= 0.6 is 38.8 Å². The molecule has 0 aliphatic rings. The monoisotopic (exact) mass is 276 g/mol. The van der Waals surface area contributed by atoms with E-state index in [0.717, 1.165) is 15.5 Å². The van der Waals surface area contributed by atoms with Gasteiger partial charge in [-0.15, -0.1) is 11.3 Å². The van der Waals surface area contributed by atoms with Crippen molar-refractivity contribution in [3.8, 4) is 0 Å². The maximum Gasteiger partial charge on any atom is 0.225 e. The first-order valence-electron chi connectivity index (χ1n) is 3.48. The van der Waals surface area contributed by atoms with Gasteiger partial charge in [-0.2, -0.15) is 0 Å². The first-order valence-corrected chi connectivity index (χ1v) is 5.86. The van der Waals surface area contributed by atoms with Crippen molar-refractivity contribution < 1.29 is 0 Å². The quantitative estimate of drug-likeness (QED) is 0.935. The lowest BCUT2D eigenvalue weighted by molar-refractivity contribution is 0.952. The highest BCUT2D eigenvalue weighted by atomic mass is 79.9. The fourth-order valence-electron chi connectivity index (χ4n) is 0.811. The Hall–Kier alpha value is -0.530. The molecule has 0 bridgehead atoms. The fraction of sp³-hybridized carbons (Fsp3) is 0.167. The number of thiophene rings is 1. The van der Waals surface area contributed by atoms with Crippen molar-refractivity contribution in [1.82, 2.24) is 14.8 Å². The molecule has 13 heavy (non-hydrogen) atoms. The molecule has 7 heteroatoms. The van der Waals surface area contributed by atoms with E-state index in [4.69, 9.17) is 0 Å². The van der Waals surface area contributed by atoms with E-state index in [9.17, 15) is 0 Å². The highest BCUT2D eigenvalue weighted by Gasteiger charge is 1.99. The lowest BCUT2D eigenvalue weighted by Crippen LogP contribution is -1.96. The molecular weight excluding hydrogens is 272 g/mol. The van der Waals surface area contributed by atoms with Gasteiger partial charge in [0.05, 0.1) is 10.3 Å². The zero-order valence-electron chi connectivity index (χ0n) is 6.40. The number of nitrogens with zero attached hydrogens (tertiary/aromatic N) is 3. The number of rotatable bonds is 3. The first kappa shape index (κ1) is 9.04. The third kappa shape index (κ3) is 2.45. The Labute approximate surface area is 91.3 Å². The van der Waals surface area contributed by atoms with Gasteiger partial charge >= 0.3 is 0 Å². The molecule has 0 atom stereocenters. The highest BCUT2D eigenvalue weighted by molar-refractivity contribution is 9.11. The van der Waals surface area contributed by atoms with Crippen LogP contribution in [0.2, 0.25) is 0 Å². The summed E-state index contributed by atoms with van der Waals surface area (Å²) >= 11 is 6.36. The van der Waals surface area contributed by atoms with Crippen LogP contribution in [0.3, 0.4) is 0 Å². The van der Waals surface area contributed by atoms with Gasteiger partial charge in [0, 0.05) is 16.4 Å². The van der Waals surface area contributed by atoms with Crippen LogP contribution in [0.15, 0.2) is 15.9 Å². The Bertz CT molecular complexity index is 372. The number of nitrogens with one attached hydrogen (secondary N) is 1. The van der Waals surface area contributed by atoms with Crippen LogP contribution in [0.25, 0.3) is 0 Å². The van der Waals surface area contributed by atoms with Crippen LogP contribution in [0.1, 0.15) is 4.88 Å². The van der Waals surface area contributed by atoms with E-state index in [1.54, 1.807) is 11.3 Å². The van der Waals surface area contributed by atoms with Crippen LogP contribution in [0, 0.1) is 0 Å². The molecule has 0 spiro atoms. The van der Waals surface area contributed by atoms with Crippen LogP contribution in [-0.2, 0) is 6.54 Å². The summed E-state index contributed by atoms with van der Waals surface area (Å²) in [6.45, 7) is 0.771. The summed E-state index contributed by atoms with van der Waals surface area (Å²) < 4.78 is 4.79. The Morgan fingerprint density at radius 1 is 1.46 bits per heavy atom. The zero-order valence-corrected chi connectivity index (χ0v) is 9.62. The van der Waals surface area contributed by atoms with E-state index in [2.05, 4.69) is 42.1 Å². The van der Waals surface area contributed by atoms with Gasteiger partial charge in [0.2, 0.25) is 5.13 Å². The fourth-order valence-corrected chi connectivity index (χ4v) is 2.59. The highest BCUT2D eigenvalue weighted by Crippen LogP contribution is 2.22. The second kappa shape index (κ2) is 4.12. The third-order valence-electron chi connectivity index (χ3n) is 1.34. The summed E-state index contributed by atoms with van der Waals surface area (Å²) in [6, 6.07) is 4.09. The van der Waals surface area contributed by atoms with Gasteiger partial charge in [0.25, 0.3) is 0 Å². The van der Waals surface area contributed by atoms with Crippen molar-refractivity contribution in [1.29, 1.82) is 0 Å². The number of anilines is 1. The van der Waals surface area contributed by atoms with E-state index < -0.39 is 0 Å². The van der Waals surface area contributed by atoms with Crippen LogP contribution < -0.4 is 5.32 Å². The minimum absolute atomic E-state index is 0.754. The van der Waals surface area contributed by atoms with Gasteiger partial charge in [-0.3, -0.25) is 0 Å². The van der Waals surface area contributed by atoms with Gasteiger partial charge in [-0.1, -0.05) is 9.59 Å². The van der Waals surface area contributed by atoms with E-state index in [1.165, 1.54) is 16.4 Å². The molecule has 0 saturated carbocycles. The van der Waals surface area contributed by atoms with E-state index >= 15 is 0 Å². The lowest BCUT2D eigenvalue weighted by atomic mass is 10.5.